The van der Waals surface area contributed by atoms with Crippen LogP contribution in [0.25, 0.3) is 0 Å². The summed E-state index contributed by atoms with van der Waals surface area (Å²) in [6.07, 6.45) is 0. The van der Waals surface area contributed by atoms with Crippen molar-refractivity contribution in [2.75, 3.05) is 5.32 Å². The molecule has 0 radical (unpaired) electrons. The third-order valence-corrected chi connectivity index (χ3v) is 4.06. The Morgan fingerprint density at radius 1 is 1.17 bits per heavy atom. The number of rotatable bonds is 4. The first-order valence-corrected chi connectivity index (χ1v) is 7.53. The second-order valence-electron chi connectivity index (χ2n) is 4.77. The van der Waals surface area contributed by atoms with Crippen molar-refractivity contribution in [2.45, 2.75) is 6.92 Å². The van der Waals surface area contributed by atoms with Crippen LogP contribution < -0.4 is 11.1 Å². The summed E-state index contributed by atoms with van der Waals surface area (Å²) in [6, 6.07) is 8.79. The van der Waals surface area contributed by atoms with Gasteiger partial charge in [0, 0.05) is 27.0 Å². The van der Waals surface area contributed by atoms with E-state index in [2.05, 4.69) is 5.32 Å². The first kappa shape index (κ1) is 16.9. The fourth-order valence-electron chi connectivity index (χ4n) is 1.97. The van der Waals surface area contributed by atoms with Gasteiger partial charge in [-0.2, -0.15) is 0 Å². The van der Waals surface area contributed by atoms with Gasteiger partial charge in [-0.15, -0.1) is 0 Å². The number of nitrogens with zero attached hydrogens (tertiary/aromatic N) is 1. The van der Waals surface area contributed by atoms with E-state index in [1.807, 2.05) is 22.6 Å². The summed E-state index contributed by atoms with van der Waals surface area (Å²) in [7, 11) is 0. The molecule has 23 heavy (non-hydrogen) atoms. The van der Waals surface area contributed by atoms with Crippen molar-refractivity contribution >= 4 is 45.8 Å². The lowest BCUT2D eigenvalue weighted by Crippen LogP contribution is -2.16. The van der Waals surface area contributed by atoms with Crippen LogP contribution in [0.4, 0.5) is 11.4 Å². The number of non-ortho nitro benzene ring substituents is 1. The molecule has 7 nitrogen and oxygen atoms in total. The Labute approximate surface area is 145 Å². The van der Waals surface area contributed by atoms with Crippen molar-refractivity contribution in [2.24, 2.45) is 5.73 Å². The number of nitro benzene ring substituents is 1. The molecule has 0 unspecified atom stereocenters. The van der Waals surface area contributed by atoms with Gasteiger partial charge in [-0.1, -0.05) is 6.07 Å². The fourth-order valence-corrected chi connectivity index (χ4v) is 2.71. The summed E-state index contributed by atoms with van der Waals surface area (Å²) < 4.78 is 0.455. The number of aryl methyl sites for hydroxylation is 1. The molecule has 0 bridgehead atoms. The van der Waals surface area contributed by atoms with Gasteiger partial charge >= 0.3 is 0 Å². The van der Waals surface area contributed by atoms with Crippen molar-refractivity contribution in [3.05, 3.63) is 66.8 Å². The van der Waals surface area contributed by atoms with Gasteiger partial charge < -0.3 is 11.1 Å². The Bertz CT molecular complexity index is 820. The van der Waals surface area contributed by atoms with E-state index >= 15 is 0 Å². The molecule has 0 aromatic heterocycles. The third kappa shape index (κ3) is 3.83. The second kappa shape index (κ2) is 6.73. The zero-order chi connectivity index (χ0) is 17.1. The van der Waals surface area contributed by atoms with Gasteiger partial charge in [0.1, 0.15) is 0 Å². The van der Waals surface area contributed by atoms with Crippen molar-refractivity contribution < 1.29 is 14.5 Å². The van der Waals surface area contributed by atoms with E-state index in [1.165, 1.54) is 24.3 Å². The molecular formula is C15H12IN3O4. The molecule has 8 heteroatoms. The van der Waals surface area contributed by atoms with E-state index in [9.17, 15) is 19.7 Å². The quantitative estimate of drug-likeness (QED) is 0.445. The zero-order valence-electron chi connectivity index (χ0n) is 12.0. The predicted octanol–water partition coefficient (Wildman–Crippen LogP) is 2.86. The van der Waals surface area contributed by atoms with Crippen LogP contribution in [0.1, 0.15) is 26.3 Å². The maximum absolute atomic E-state index is 12.3. The van der Waals surface area contributed by atoms with Crippen LogP contribution in [-0.4, -0.2) is 16.7 Å². The summed E-state index contributed by atoms with van der Waals surface area (Å²) in [4.78, 5) is 33.8. The van der Waals surface area contributed by atoms with Gasteiger partial charge in [-0.25, -0.2) is 0 Å². The largest absolute Gasteiger partial charge is 0.366 e. The van der Waals surface area contributed by atoms with Crippen LogP contribution in [0.3, 0.4) is 0 Å². The molecule has 3 N–H and O–H groups in total. The normalized spacial score (nSPS) is 10.2. The maximum Gasteiger partial charge on any atom is 0.270 e. The number of amides is 2. The summed E-state index contributed by atoms with van der Waals surface area (Å²) >= 11 is 1.86. The standard InChI is InChI=1S/C15H12IN3O4/c1-8-2-3-9(6-12(8)14(17)20)18-15(21)11-5-4-10(19(22)23)7-13(11)16/h2-7H,1H3,(H2,17,20)(H,18,21). The number of nitro groups is 1. The smallest absolute Gasteiger partial charge is 0.270 e. The van der Waals surface area contributed by atoms with Gasteiger partial charge in [0.05, 0.1) is 10.5 Å². The Morgan fingerprint density at radius 2 is 1.87 bits per heavy atom. The Balaban J connectivity index is 2.27. The fraction of sp³-hybridized carbons (Fsp3) is 0.0667. The maximum atomic E-state index is 12.3. The number of hydrogen-bond acceptors (Lipinski definition) is 4. The zero-order valence-corrected chi connectivity index (χ0v) is 14.2. The average molecular weight is 425 g/mol. The first-order chi connectivity index (χ1) is 10.8. The molecule has 0 aliphatic heterocycles. The highest BCUT2D eigenvalue weighted by Crippen LogP contribution is 2.21. The third-order valence-electron chi connectivity index (χ3n) is 3.17. The molecule has 0 atom stereocenters. The molecule has 118 valence electrons. The number of halogens is 1. The number of nitrogens with one attached hydrogen (secondary N) is 1. The predicted molar refractivity (Wildman–Crippen MR) is 93.5 cm³/mol. The summed E-state index contributed by atoms with van der Waals surface area (Å²) in [5.41, 5.74) is 6.94. The van der Waals surface area contributed by atoms with E-state index in [4.69, 9.17) is 5.73 Å². The minimum absolute atomic E-state index is 0.0858. The van der Waals surface area contributed by atoms with Crippen LogP contribution >= 0.6 is 22.6 Å². The number of nitrogens with two attached hydrogens (primary N) is 1. The summed E-state index contributed by atoms with van der Waals surface area (Å²) in [5.74, 6) is -1.01. The average Bonchev–Trinajstić information content (AvgIpc) is 2.48. The number of carbonyl (C=O) groups excluding carboxylic acids is 2. The molecule has 0 heterocycles. The highest BCUT2D eigenvalue weighted by atomic mass is 127. The Kier molecular flexibility index (Phi) is 4.94. The van der Waals surface area contributed by atoms with E-state index in [0.29, 0.717) is 25.9 Å². The number of primary amides is 1. The van der Waals surface area contributed by atoms with E-state index in [0.717, 1.165) is 0 Å². The van der Waals surface area contributed by atoms with Crippen LogP contribution in [0, 0.1) is 20.6 Å². The minimum atomic E-state index is -0.580. The Hall–Kier alpha value is -2.49. The first-order valence-electron chi connectivity index (χ1n) is 6.45. The van der Waals surface area contributed by atoms with Crippen LogP contribution in [0.2, 0.25) is 0 Å². The van der Waals surface area contributed by atoms with Crippen molar-refractivity contribution in [3.63, 3.8) is 0 Å². The lowest BCUT2D eigenvalue weighted by Gasteiger charge is -2.09. The number of carbonyl (C=O) groups is 2. The number of anilines is 1. The molecule has 0 aliphatic carbocycles. The van der Waals surface area contributed by atoms with E-state index < -0.39 is 16.7 Å². The molecular weight excluding hydrogens is 413 g/mol. The Morgan fingerprint density at radius 3 is 2.43 bits per heavy atom. The second-order valence-corrected chi connectivity index (χ2v) is 5.93. The lowest BCUT2D eigenvalue weighted by molar-refractivity contribution is -0.384. The summed E-state index contributed by atoms with van der Waals surface area (Å²) in [6.45, 7) is 1.74. The van der Waals surface area contributed by atoms with E-state index in [1.54, 1.807) is 19.1 Å². The minimum Gasteiger partial charge on any atom is -0.366 e. The SMILES string of the molecule is Cc1ccc(NC(=O)c2ccc([N+](=O)[O-])cc2I)cc1C(N)=O. The lowest BCUT2D eigenvalue weighted by atomic mass is 10.1. The molecule has 0 saturated heterocycles. The molecule has 0 aliphatic rings. The van der Waals surface area contributed by atoms with Gasteiger partial charge in [-0.3, -0.25) is 19.7 Å². The number of hydrogen-bond donors (Lipinski definition) is 2. The van der Waals surface area contributed by atoms with Gasteiger partial charge in [0.2, 0.25) is 5.91 Å². The molecule has 0 fully saturated rings. The van der Waals surface area contributed by atoms with Crippen LogP contribution in [-0.2, 0) is 0 Å². The van der Waals surface area contributed by atoms with Crippen LogP contribution in [0.5, 0.6) is 0 Å². The van der Waals surface area contributed by atoms with Gasteiger partial charge in [0.15, 0.2) is 0 Å². The molecule has 2 aromatic carbocycles. The van der Waals surface area contributed by atoms with E-state index in [-0.39, 0.29) is 5.69 Å². The topological polar surface area (TPSA) is 115 Å². The monoisotopic (exact) mass is 425 g/mol. The molecule has 0 spiro atoms. The van der Waals surface area contributed by atoms with Crippen molar-refractivity contribution in [3.8, 4) is 0 Å². The van der Waals surface area contributed by atoms with Crippen molar-refractivity contribution in [1.29, 1.82) is 0 Å². The molecule has 2 amide bonds. The van der Waals surface area contributed by atoms with Crippen LogP contribution in [0.15, 0.2) is 36.4 Å². The van der Waals surface area contributed by atoms with Gasteiger partial charge in [0.25, 0.3) is 11.6 Å². The molecule has 0 saturated carbocycles. The van der Waals surface area contributed by atoms with Crippen molar-refractivity contribution in [1.82, 2.24) is 0 Å². The highest BCUT2D eigenvalue weighted by molar-refractivity contribution is 14.1. The van der Waals surface area contributed by atoms with Gasteiger partial charge in [-0.05, 0) is 53.3 Å². The molecule has 2 rings (SSSR count). The number of benzene rings is 2. The summed E-state index contributed by atoms with van der Waals surface area (Å²) in [5, 5.41) is 13.4. The molecule has 2 aromatic rings. The highest BCUT2D eigenvalue weighted by Gasteiger charge is 2.15.